The standard InChI is InChI=1S/C32H48IN3O8/c1-20(7-10-28-21(2)14-27(23(4)43-28)36-29(38)11-8-22(3)42-24(5)37)6-9-25-16-32(19-41-32)17-26(44-25)15-30(39)34-12-13-35-31(40)18-33/h6-9,11,21-23,25-28H,10,12-19H2,1-5H3,(H,34,39)(H,35,40)(H,36,38)/b9-6+,11-8-,20-7+/t21-,22-,23+,25+,26?,27+,28-,32+/m0/s1. The summed E-state index contributed by atoms with van der Waals surface area (Å²) in [5.74, 6) is -0.529. The van der Waals surface area contributed by atoms with Crippen molar-refractivity contribution in [2.75, 3.05) is 24.1 Å². The minimum Gasteiger partial charge on any atom is -0.459 e. The van der Waals surface area contributed by atoms with Crippen LogP contribution in [0.25, 0.3) is 0 Å². The highest BCUT2D eigenvalue weighted by molar-refractivity contribution is 14.1. The van der Waals surface area contributed by atoms with Crippen molar-refractivity contribution in [3.63, 3.8) is 0 Å². The highest BCUT2D eigenvalue weighted by atomic mass is 127. The molecule has 3 aliphatic heterocycles. The number of amides is 3. The number of carbonyl (C=O) groups excluding carboxylic acids is 4. The largest absolute Gasteiger partial charge is 0.459 e. The van der Waals surface area contributed by atoms with Gasteiger partial charge in [-0.05, 0) is 45.6 Å². The molecular formula is C32H48IN3O8. The van der Waals surface area contributed by atoms with E-state index in [1.807, 2.05) is 42.5 Å². The van der Waals surface area contributed by atoms with Crippen LogP contribution in [0, 0.1) is 5.92 Å². The molecule has 8 atom stereocenters. The first-order valence-corrected chi connectivity index (χ1v) is 17.0. The number of esters is 1. The average Bonchev–Trinajstić information content (AvgIpc) is 3.70. The molecule has 0 bridgehead atoms. The lowest BCUT2D eigenvalue weighted by molar-refractivity contribution is -0.143. The van der Waals surface area contributed by atoms with E-state index in [-0.39, 0.29) is 66.1 Å². The minimum absolute atomic E-state index is 0.0351. The van der Waals surface area contributed by atoms with Crippen LogP contribution >= 0.6 is 22.6 Å². The summed E-state index contributed by atoms with van der Waals surface area (Å²) in [6.07, 6.45) is 11.6. The zero-order chi connectivity index (χ0) is 32.3. The minimum atomic E-state index is -0.469. The molecule has 44 heavy (non-hydrogen) atoms. The SMILES string of the molecule is CC(=O)O[C@@H](C)/C=C\C(=O)N[C@@H]1C[C@H](C)[C@H](C/C=C(C)/C=C/[C@@H]2C[C@]3(CO3)CC(CC(=O)NCCNC(=O)CI)O2)O[C@@H]1C. The van der Waals surface area contributed by atoms with Crippen LogP contribution in [-0.4, -0.2) is 90.0 Å². The van der Waals surface area contributed by atoms with Crippen LogP contribution in [0.5, 0.6) is 0 Å². The highest BCUT2D eigenvalue weighted by Crippen LogP contribution is 2.43. The second kappa shape index (κ2) is 17.4. The third kappa shape index (κ3) is 12.6. The zero-order valence-electron chi connectivity index (χ0n) is 26.4. The van der Waals surface area contributed by atoms with E-state index < -0.39 is 12.1 Å². The summed E-state index contributed by atoms with van der Waals surface area (Å²) in [6.45, 7) is 10.7. The molecule has 3 aliphatic rings. The van der Waals surface area contributed by atoms with E-state index in [0.29, 0.717) is 30.5 Å². The number of allylic oxidation sites excluding steroid dienone is 2. The van der Waals surface area contributed by atoms with E-state index in [2.05, 4.69) is 35.0 Å². The Hall–Kier alpha value is -2.29. The molecule has 3 rings (SSSR count). The van der Waals surface area contributed by atoms with Gasteiger partial charge in [0.2, 0.25) is 17.7 Å². The maximum Gasteiger partial charge on any atom is 0.303 e. The zero-order valence-corrected chi connectivity index (χ0v) is 28.6. The van der Waals surface area contributed by atoms with Crippen molar-refractivity contribution in [3.8, 4) is 0 Å². The number of rotatable bonds is 14. The van der Waals surface area contributed by atoms with Crippen molar-refractivity contribution in [2.24, 2.45) is 5.92 Å². The number of alkyl halides is 1. The maximum atomic E-state index is 12.4. The van der Waals surface area contributed by atoms with Crippen LogP contribution in [0.15, 0.2) is 36.0 Å². The van der Waals surface area contributed by atoms with Crippen LogP contribution in [-0.2, 0) is 38.1 Å². The smallest absolute Gasteiger partial charge is 0.303 e. The Balaban J connectivity index is 1.43. The predicted molar refractivity (Wildman–Crippen MR) is 174 cm³/mol. The summed E-state index contributed by atoms with van der Waals surface area (Å²) in [4.78, 5) is 47.2. The van der Waals surface area contributed by atoms with Crippen molar-refractivity contribution in [1.29, 1.82) is 0 Å². The molecule has 0 radical (unpaired) electrons. The topological polar surface area (TPSA) is 145 Å². The van der Waals surface area contributed by atoms with Gasteiger partial charge >= 0.3 is 5.97 Å². The van der Waals surface area contributed by atoms with Crippen molar-refractivity contribution < 1.29 is 38.1 Å². The number of hydrogen-bond donors (Lipinski definition) is 3. The lowest BCUT2D eigenvalue weighted by Crippen LogP contribution is -2.50. The number of nitrogens with one attached hydrogen (secondary N) is 3. The Morgan fingerprint density at radius 1 is 1.05 bits per heavy atom. The molecule has 11 nitrogen and oxygen atoms in total. The van der Waals surface area contributed by atoms with E-state index in [1.54, 1.807) is 13.0 Å². The second-order valence-corrected chi connectivity index (χ2v) is 12.9. The van der Waals surface area contributed by atoms with Gasteiger partial charge in [0.05, 0.1) is 53.5 Å². The number of hydrogen-bond acceptors (Lipinski definition) is 8. The fourth-order valence-electron chi connectivity index (χ4n) is 5.61. The quantitative estimate of drug-likeness (QED) is 0.0471. The molecule has 0 aromatic heterocycles. The van der Waals surface area contributed by atoms with Gasteiger partial charge in [-0.3, -0.25) is 19.2 Å². The van der Waals surface area contributed by atoms with Crippen LogP contribution in [0.1, 0.15) is 66.7 Å². The fraction of sp³-hybridized carbons (Fsp3) is 0.688. The van der Waals surface area contributed by atoms with Gasteiger partial charge in [-0.1, -0.05) is 53.3 Å². The number of carbonyl (C=O) groups is 4. The lowest BCUT2D eigenvalue weighted by Gasteiger charge is -2.39. The van der Waals surface area contributed by atoms with Gasteiger partial charge < -0.3 is 34.9 Å². The Morgan fingerprint density at radius 3 is 2.41 bits per heavy atom. The second-order valence-electron chi connectivity index (χ2n) is 12.1. The monoisotopic (exact) mass is 729 g/mol. The van der Waals surface area contributed by atoms with Gasteiger partial charge in [0.1, 0.15) is 6.10 Å². The third-order valence-electron chi connectivity index (χ3n) is 8.06. The number of ether oxygens (including phenoxy) is 4. The first-order chi connectivity index (χ1) is 20.9. The van der Waals surface area contributed by atoms with Crippen molar-refractivity contribution in [2.45, 2.75) is 109 Å². The predicted octanol–water partition coefficient (Wildman–Crippen LogP) is 3.06. The molecule has 3 heterocycles. The summed E-state index contributed by atoms with van der Waals surface area (Å²) < 4.78 is 23.7. The number of halogens is 1. The molecule has 1 unspecified atom stereocenters. The van der Waals surface area contributed by atoms with Crippen LogP contribution < -0.4 is 16.0 Å². The van der Waals surface area contributed by atoms with Gasteiger partial charge in [-0.2, -0.15) is 0 Å². The van der Waals surface area contributed by atoms with Crippen LogP contribution in [0.4, 0.5) is 0 Å². The molecule has 0 aliphatic carbocycles. The summed E-state index contributed by atoms with van der Waals surface area (Å²) in [5, 5.41) is 8.60. The van der Waals surface area contributed by atoms with E-state index in [0.717, 1.165) is 24.8 Å². The third-order valence-corrected chi connectivity index (χ3v) is 8.75. The van der Waals surface area contributed by atoms with Crippen LogP contribution in [0.3, 0.4) is 0 Å². The van der Waals surface area contributed by atoms with Gasteiger partial charge in [-0.15, -0.1) is 0 Å². The van der Waals surface area contributed by atoms with Gasteiger partial charge in [0.25, 0.3) is 0 Å². The van der Waals surface area contributed by atoms with Gasteiger partial charge in [-0.25, -0.2) is 0 Å². The Kier molecular flexibility index (Phi) is 14.3. The molecule has 0 aromatic rings. The lowest BCUT2D eigenvalue weighted by atomic mass is 9.88. The molecular weight excluding hydrogens is 681 g/mol. The fourth-order valence-corrected chi connectivity index (χ4v) is 5.88. The maximum absolute atomic E-state index is 12.4. The first kappa shape index (κ1) is 36.2. The molecule has 0 saturated carbocycles. The van der Waals surface area contributed by atoms with Crippen molar-refractivity contribution in [1.82, 2.24) is 16.0 Å². The summed E-state index contributed by atoms with van der Waals surface area (Å²) in [5.41, 5.74) is 0.896. The summed E-state index contributed by atoms with van der Waals surface area (Å²) in [7, 11) is 0. The Labute approximate surface area is 274 Å². The highest BCUT2D eigenvalue weighted by Gasteiger charge is 2.51. The number of epoxide rings is 1. The van der Waals surface area contributed by atoms with E-state index in [9.17, 15) is 19.2 Å². The molecule has 0 aromatic carbocycles. The van der Waals surface area contributed by atoms with Gasteiger partial charge in [0, 0.05) is 38.9 Å². The van der Waals surface area contributed by atoms with E-state index >= 15 is 0 Å². The van der Waals surface area contributed by atoms with Crippen molar-refractivity contribution >= 4 is 46.3 Å². The Morgan fingerprint density at radius 2 is 1.75 bits per heavy atom. The first-order valence-electron chi connectivity index (χ1n) is 15.4. The summed E-state index contributed by atoms with van der Waals surface area (Å²) in [6, 6.07) is -0.107. The molecule has 12 heteroatoms. The molecule has 3 N–H and O–H groups in total. The van der Waals surface area contributed by atoms with E-state index in [4.69, 9.17) is 18.9 Å². The van der Waals surface area contributed by atoms with Crippen molar-refractivity contribution in [3.05, 3.63) is 36.0 Å². The summed E-state index contributed by atoms with van der Waals surface area (Å²) >= 11 is 2.00. The Bertz CT molecular complexity index is 1110. The van der Waals surface area contributed by atoms with E-state index in [1.165, 1.54) is 13.0 Å². The normalized spacial score (nSPS) is 31.1. The van der Waals surface area contributed by atoms with Crippen LogP contribution in [0.2, 0.25) is 0 Å². The molecule has 1 spiro atoms. The van der Waals surface area contributed by atoms with Gasteiger partial charge in [0.15, 0.2) is 0 Å². The molecule has 3 saturated heterocycles. The molecule has 246 valence electrons. The molecule has 3 fully saturated rings. The molecule has 3 amide bonds. The average molecular weight is 730 g/mol.